The molecule has 0 atom stereocenters. The highest BCUT2D eigenvalue weighted by molar-refractivity contribution is 5.19. The SMILES string of the molecule is COCCOCCNCc1c(F)cccc1F. The van der Waals surface area contributed by atoms with Crippen LogP contribution in [0.5, 0.6) is 0 Å². The van der Waals surface area contributed by atoms with Crippen molar-refractivity contribution in [2.45, 2.75) is 6.54 Å². The second-order valence-electron chi connectivity index (χ2n) is 3.48. The van der Waals surface area contributed by atoms with Gasteiger partial charge in [-0.3, -0.25) is 0 Å². The number of hydrogen-bond acceptors (Lipinski definition) is 3. The third-order valence-corrected chi connectivity index (χ3v) is 2.22. The van der Waals surface area contributed by atoms with Crippen LogP contribution in [0.3, 0.4) is 0 Å². The van der Waals surface area contributed by atoms with Crippen molar-refractivity contribution in [2.24, 2.45) is 0 Å². The van der Waals surface area contributed by atoms with E-state index in [-0.39, 0.29) is 12.1 Å². The number of methoxy groups -OCH3 is 1. The molecule has 0 unspecified atom stereocenters. The van der Waals surface area contributed by atoms with Gasteiger partial charge in [-0.1, -0.05) is 6.07 Å². The van der Waals surface area contributed by atoms with Crippen LogP contribution < -0.4 is 5.32 Å². The molecule has 0 amide bonds. The molecule has 0 fully saturated rings. The van der Waals surface area contributed by atoms with Gasteiger partial charge in [0, 0.05) is 25.8 Å². The summed E-state index contributed by atoms with van der Waals surface area (Å²) in [5.74, 6) is -1.06. The lowest BCUT2D eigenvalue weighted by atomic mass is 10.2. The molecule has 1 aromatic rings. The Morgan fingerprint density at radius 3 is 2.47 bits per heavy atom. The fraction of sp³-hybridized carbons (Fsp3) is 0.500. The molecular formula is C12H17F2NO2. The zero-order valence-electron chi connectivity index (χ0n) is 9.84. The van der Waals surface area contributed by atoms with Crippen molar-refractivity contribution in [1.82, 2.24) is 5.32 Å². The number of hydrogen-bond donors (Lipinski definition) is 1. The van der Waals surface area contributed by atoms with E-state index in [1.165, 1.54) is 18.2 Å². The maximum Gasteiger partial charge on any atom is 0.130 e. The lowest BCUT2D eigenvalue weighted by Gasteiger charge is -2.07. The molecule has 0 heterocycles. The first-order chi connectivity index (χ1) is 8.25. The summed E-state index contributed by atoms with van der Waals surface area (Å²) >= 11 is 0. The summed E-state index contributed by atoms with van der Waals surface area (Å²) in [6.45, 7) is 2.25. The van der Waals surface area contributed by atoms with Crippen molar-refractivity contribution in [2.75, 3.05) is 33.5 Å². The first-order valence-corrected chi connectivity index (χ1v) is 5.46. The summed E-state index contributed by atoms with van der Waals surface area (Å²) in [4.78, 5) is 0. The van der Waals surface area contributed by atoms with Crippen molar-refractivity contribution in [3.8, 4) is 0 Å². The van der Waals surface area contributed by atoms with Crippen LogP contribution in [0.2, 0.25) is 0 Å². The number of benzene rings is 1. The molecule has 0 aromatic heterocycles. The molecule has 0 saturated heterocycles. The third kappa shape index (κ3) is 5.21. The fourth-order valence-electron chi connectivity index (χ4n) is 1.30. The van der Waals surface area contributed by atoms with Crippen molar-refractivity contribution in [3.05, 3.63) is 35.4 Å². The summed E-state index contributed by atoms with van der Waals surface area (Å²) in [5, 5.41) is 2.91. The van der Waals surface area contributed by atoms with E-state index in [1.807, 2.05) is 0 Å². The molecule has 0 spiro atoms. The van der Waals surface area contributed by atoms with Gasteiger partial charge in [0.25, 0.3) is 0 Å². The maximum absolute atomic E-state index is 13.2. The lowest BCUT2D eigenvalue weighted by Crippen LogP contribution is -2.21. The second-order valence-corrected chi connectivity index (χ2v) is 3.48. The average Bonchev–Trinajstić information content (AvgIpc) is 2.31. The maximum atomic E-state index is 13.2. The van der Waals surface area contributed by atoms with Crippen LogP contribution >= 0.6 is 0 Å². The van der Waals surface area contributed by atoms with Crippen LogP contribution in [-0.2, 0) is 16.0 Å². The molecule has 5 heteroatoms. The van der Waals surface area contributed by atoms with Crippen LogP contribution in [0, 0.1) is 11.6 Å². The van der Waals surface area contributed by atoms with Gasteiger partial charge in [-0.05, 0) is 12.1 Å². The predicted molar refractivity (Wildman–Crippen MR) is 60.8 cm³/mol. The fourth-order valence-corrected chi connectivity index (χ4v) is 1.30. The molecule has 96 valence electrons. The van der Waals surface area contributed by atoms with E-state index in [0.717, 1.165) is 0 Å². The Labute approximate surface area is 99.7 Å². The molecule has 17 heavy (non-hydrogen) atoms. The van der Waals surface area contributed by atoms with Gasteiger partial charge in [-0.15, -0.1) is 0 Å². The number of rotatable bonds is 8. The van der Waals surface area contributed by atoms with E-state index < -0.39 is 11.6 Å². The molecule has 1 rings (SSSR count). The van der Waals surface area contributed by atoms with Crippen molar-refractivity contribution in [1.29, 1.82) is 0 Å². The van der Waals surface area contributed by atoms with Crippen LogP contribution in [0.25, 0.3) is 0 Å². The number of ether oxygens (including phenoxy) is 2. The minimum atomic E-state index is -0.530. The zero-order chi connectivity index (χ0) is 12.5. The molecule has 0 radical (unpaired) electrons. The van der Waals surface area contributed by atoms with Crippen molar-refractivity contribution >= 4 is 0 Å². The standard InChI is InChI=1S/C12H17F2NO2/c1-16-7-8-17-6-5-15-9-10-11(13)3-2-4-12(10)14/h2-4,15H,5-9H2,1H3. The topological polar surface area (TPSA) is 30.5 Å². The molecule has 1 N–H and O–H groups in total. The summed E-state index contributed by atoms with van der Waals surface area (Å²) in [6.07, 6.45) is 0. The Hall–Kier alpha value is -1.04. The van der Waals surface area contributed by atoms with Gasteiger partial charge in [-0.2, -0.15) is 0 Å². The highest BCUT2D eigenvalue weighted by atomic mass is 19.1. The molecule has 0 saturated carbocycles. The quantitative estimate of drug-likeness (QED) is 0.707. The van der Waals surface area contributed by atoms with Gasteiger partial charge in [0.1, 0.15) is 11.6 Å². The summed E-state index contributed by atoms with van der Waals surface area (Å²) in [7, 11) is 1.60. The van der Waals surface area contributed by atoms with Crippen LogP contribution in [0.4, 0.5) is 8.78 Å². The number of nitrogens with one attached hydrogen (secondary N) is 1. The Balaban J connectivity index is 2.18. The summed E-state index contributed by atoms with van der Waals surface area (Å²) < 4.78 is 36.4. The molecule has 0 aliphatic rings. The highest BCUT2D eigenvalue weighted by Crippen LogP contribution is 2.11. The monoisotopic (exact) mass is 245 g/mol. The molecular weight excluding hydrogens is 228 g/mol. The van der Waals surface area contributed by atoms with Gasteiger partial charge < -0.3 is 14.8 Å². The van der Waals surface area contributed by atoms with Crippen LogP contribution in [0.15, 0.2) is 18.2 Å². The Kier molecular flexibility index (Phi) is 6.69. The Morgan fingerprint density at radius 2 is 1.82 bits per heavy atom. The third-order valence-electron chi connectivity index (χ3n) is 2.22. The average molecular weight is 245 g/mol. The van der Waals surface area contributed by atoms with Gasteiger partial charge in [-0.25, -0.2) is 8.78 Å². The van der Waals surface area contributed by atoms with Gasteiger partial charge in [0.05, 0.1) is 19.8 Å². The van der Waals surface area contributed by atoms with E-state index in [4.69, 9.17) is 9.47 Å². The van der Waals surface area contributed by atoms with Gasteiger partial charge in [0.15, 0.2) is 0 Å². The Bertz CT molecular complexity index is 314. The van der Waals surface area contributed by atoms with Crippen molar-refractivity contribution < 1.29 is 18.3 Å². The minimum absolute atomic E-state index is 0.0596. The smallest absolute Gasteiger partial charge is 0.130 e. The normalized spacial score (nSPS) is 10.8. The van der Waals surface area contributed by atoms with E-state index in [9.17, 15) is 8.78 Å². The zero-order valence-corrected chi connectivity index (χ0v) is 9.84. The lowest BCUT2D eigenvalue weighted by molar-refractivity contribution is 0.0718. The molecule has 0 aliphatic heterocycles. The summed E-state index contributed by atoms with van der Waals surface area (Å²) in [6, 6.07) is 3.84. The number of halogens is 2. The van der Waals surface area contributed by atoms with E-state index >= 15 is 0 Å². The second kappa shape index (κ2) is 8.11. The minimum Gasteiger partial charge on any atom is -0.382 e. The first-order valence-electron chi connectivity index (χ1n) is 5.46. The first kappa shape index (κ1) is 14.0. The largest absolute Gasteiger partial charge is 0.382 e. The molecule has 3 nitrogen and oxygen atoms in total. The molecule has 0 aliphatic carbocycles. The summed E-state index contributed by atoms with van der Waals surface area (Å²) in [5.41, 5.74) is 0.0596. The van der Waals surface area contributed by atoms with E-state index in [1.54, 1.807) is 7.11 Å². The van der Waals surface area contributed by atoms with Gasteiger partial charge in [0.2, 0.25) is 0 Å². The van der Waals surface area contributed by atoms with E-state index in [2.05, 4.69) is 5.32 Å². The Morgan fingerprint density at radius 1 is 1.12 bits per heavy atom. The predicted octanol–water partition coefficient (Wildman–Crippen LogP) is 1.72. The van der Waals surface area contributed by atoms with Crippen molar-refractivity contribution in [3.63, 3.8) is 0 Å². The van der Waals surface area contributed by atoms with Crippen LogP contribution in [-0.4, -0.2) is 33.5 Å². The molecule has 1 aromatic carbocycles. The van der Waals surface area contributed by atoms with Crippen LogP contribution in [0.1, 0.15) is 5.56 Å². The molecule has 0 bridgehead atoms. The van der Waals surface area contributed by atoms with Gasteiger partial charge >= 0.3 is 0 Å². The highest BCUT2D eigenvalue weighted by Gasteiger charge is 2.06. The van der Waals surface area contributed by atoms with E-state index in [0.29, 0.717) is 26.4 Å².